The molecule has 1 aromatic carbocycles. The lowest BCUT2D eigenvalue weighted by atomic mass is 10.1. The molecule has 0 radical (unpaired) electrons. The third-order valence-corrected chi connectivity index (χ3v) is 4.74. The Labute approximate surface area is 157 Å². The van der Waals surface area contributed by atoms with Gasteiger partial charge in [-0.05, 0) is 56.0 Å². The van der Waals surface area contributed by atoms with Crippen LogP contribution >= 0.6 is 11.6 Å². The van der Waals surface area contributed by atoms with Crippen molar-refractivity contribution in [3.05, 3.63) is 52.4 Å². The Morgan fingerprint density at radius 3 is 2.81 bits per heavy atom. The number of likely N-dealkylation sites (tertiary alicyclic amines) is 1. The number of benzene rings is 1. The number of hydrogen-bond acceptors (Lipinski definition) is 3. The molecule has 0 saturated carbocycles. The lowest BCUT2D eigenvalue weighted by Gasteiger charge is -2.32. The Morgan fingerprint density at radius 1 is 1.31 bits per heavy atom. The first-order chi connectivity index (χ1) is 12.4. The molecule has 0 spiro atoms. The molecule has 3 rings (SSSR count). The second kappa shape index (κ2) is 7.83. The standard InChI is InChI=1S/C19H22ClN3O3/c1-12-9-13(2)17(15(20)10-12)22-19(25)21-14-5-3-7-23(11-14)18(24)16-6-4-8-26-16/h4,6,8-10,14H,3,5,7,11H2,1-2H3,(H2,21,22,25)/t14-/m1/s1. The van der Waals surface area contributed by atoms with Crippen molar-refractivity contribution in [3.63, 3.8) is 0 Å². The number of aryl methyl sites for hydroxylation is 2. The van der Waals surface area contributed by atoms with Gasteiger partial charge in [0.1, 0.15) is 0 Å². The van der Waals surface area contributed by atoms with Crippen molar-refractivity contribution in [2.24, 2.45) is 0 Å². The smallest absolute Gasteiger partial charge is 0.319 e. The third-order valence-electron chi connectivity index (χ3n) is 4.45. The molecule has 0 unspecified atom stereocenters. The van der Waals surface area contributed by atoms with Crippen LogP contribution in [0.3, 0.4) is 0 Å². The van der Waals surface area contributed by atoms with E-state index in [0.717, 1.165) is 24.0 Å². The molecule has 1 aliphatic heterocycles. The largest absolute Gasteiger partial charge is 0.459 e. The average molecular weight is 376 g/mol. The van der Waals surface area contributed by atoms with Crippen LogP contribution in [0.4, 0.5) is 10.5 Å². The molecule has 7 heteroatoms. The molecule has 2 aromatic rings. The van der Waals surface area contributed by atoms with E-state index < -0.39 is 0 Å². The van der Waals surface area contributed by atoms with E-state index in [9.17, 15) is 9.59 Å². The summed E-state index contributed by atoms with van der Waals surface area (Å²) in [4.78, 5) is 26.5. The number of nitrogens with zero attached hydrogens (tertiary/aromatic N) is 1. The van der Waals surface area contributed by atoms with E-state index in [-0.39, 0.29) is 18.0 Å². The number of hydrogen-bond donors (Lipinski definition) is 2. The fourth-order valence-corrected chi connectivity index (χ4v) is 3.61. The molecule has 1 atom stereocenters. The molecular weight excluding hydrogens is 354 g/mol. The van der Waals surface area contributed by atoms with Gasteiger partial charge >= 0.3 is 6.03 Å². The molecule has 3 amide bonds. The van der Waals surface area contributed by atoms with E-state index in [0.29, 0.717) is 29.6 Å². The minimum atomic E-state index is -0.323. The van der Waals surface area contributed by atoms with Crippen LogP contribution in [0.15, 0.2) is 34.9 Å². The lowest BCUT2D eigenvalue weighted by molar-refractivity contribution is 0.0666. The van der Waals surface area contributed by atoms with E-state index in [2.05, 4.69) is 10.6 Å². The van der Waals surface area contributed by atoms with Gasteiger partial charge in [-0.25, -0.2) is 4.79 Å². The highest BCUT2D eigenvalue weighted by Gasteiger charge is 2.27. The first kappa shape index (κ1) is 18.3. The number of furan rings is 1. The Balaban J connectivity index is 1.60. The zero-order chi connectivity index (χ0) is 18.7. The van der Waals surface area contributed by atoms with Crippen molar-refractivity contribution < 1.29 is 14.0 Å². The Hall–Kier alpha value is -2.47. The first-order valence-corrected chi connectivity index (χ1v) is 8.99. The molecule has 138 valence electrons. The molecule has 1 aliphatic rings. The van der Waals surface area contributed by atoms with E-state index in [1.54, 1.807) is 17.0 Å². The zero-order valence-corrected chi connectivity index (χ0v) is 15.6. The number of piperidine rings is 1. The van der Waals surface area contributed by atoms with Gasteiger partial charge in [-0.2, -0.15) is 0 Å². The van der Waals surface area contributed by atoms with Gasteiger partial charge in [0.25, 0.3) is 5.91 Å². The summed E-state index contributed by atoms with van der Waals surface area (Å²) >= 11 is 6.24. The van der Waals surface area contributed by atoms with Gasteiger partial charge in [-0.3, -0.25) is 4.79 Å². The van der Waals surface area contributed by atoms with Gasteiger partial charge < -0.3 is 20.0 Å². The number of urea groups is 1. The maximum atomic E-state index is 12.4. The summed E-state index contributed by atoms with van der Waals surface area (Å²) in [5.41, 5.74) is 2.55. The number of carbonyl (C=O) groups is 2. The summed E-state index contributed by atoms with van der Waals surface area (Å²) in [5, 5.41) is 6.26. The molecule has 2 heterocycles. The van der Waals surface area contributed by atoms with Crippen molar-refractivity contribution in [1.29, 1.82) is 0 Å². The monoisotopic (exact) mass is 375 g/mol. The second-order valence-corrected chi connectivity index (χ2v) is 7.01. The van der Waals surface area contributed by atoms with Gasteiger partial charge in [0.2, 0.25) is 0 Å². The lowest BCUT2D eigenvalue weighted by Crippen LogP contribution is -2.50. The molecule has 26 heavy (non-hydrogen) atoms. The average Bonchev–Trinajstić information content (AvgIpc) is 3.12. The highest BCUT2D eigenvalue weighted by Crippen LogP contribution is 2.27. The number of halogens is 1. The zero-order valence-electron chi connectivity index (χ0n) is 14.8. The molecule has 1 saturated heterocycles. The summed E-state index contributed by atoms with van der Waals surface area (Å²) < 4.78 is 5.17. The van der Waals surface area contributed by atoms with Crippen LogP contribution in [0.25, 0.3) is 0 Å². The summed E-state index contributed by atoms with van der Waals surface area (Å²) in [5.74, 6) is 0.163. The maximum Gasteiger partial charge on any atom is 0.319 e. The van der Waals surface area contributed by atoms with Crippen LogP contribution in [-0.4, -0.2) is 36.0 Å². The van der Waals surface area contributed by atoms with Crippen molar-refractivity contribution in [3.8, 4) is 0 Å². The molecule has 0 aliphatic carbocycles. The van der Waals surface area contributed by atoms with Crippen LogP contribution in [0.2, 0.25) is 5.02 Å². The summed E-state index contributed by atoms with van der Waals surface area (Å²) in [6.07, 6.45) is 3.12. The van der Waals surface area contributed by atoms with Crippen molar-refractivity contribution >= 4 is 29.2 Å². The van der Waals surface area contributed by atoms with E-state index in [1.807, 2.05) is 26.0 Å². The molecule has 1 fully saturated rings. The van der Waals surface area contributed by atoms with Gasteiger partial charge in [0, 0.05) is 19.1 Å². The second-order valence-electron chi connectivity index (χ2n) is 6.60. The van der Waals surface area contributed by atoms with Crippen LogP contribution < -0.4 is 10.6 Å². The topological polar surface area (TPSA) is 74.6 Å². The molecule has 0 bridgehead atoms. The predicted octanol–water partition coefficient (Wildman–Crippen LogP) is 3.98. The van der Waals surface area contributed by atoms with Gasteiger partial charge in [-0.15, -0.1) is 0 Å². The van der Waals surface area contributed by atoms with Crippen molar-refractivity contribution in [2.75, 3.05) is 18.4 Å². The highest BCUT2D eigenvalue weighted by molar-refractivity contribution is 6.34. The Bertz CT molecular complexity index is 781. The molecule has 1 aromatic heterocycles. The number of nitrogens with one attached hydrogen (secondary N) is 2. The fraction of sp³-hybridized carbons (Fsp3) is 0.368. The van der Waals surface area contributed by atoms with Crippen molar-refractivity contribution in [2.45, 2.75) is 32.7 Å². The highest BCUT2D eigenvalue weighted by atomic mass is 35.5. The Morgan fingerprint density at radius 2 is 2.12 bits per heavy atom. The fourth-order valence-electron chi connectivity index (χ4n) is 3.24. The summed E-state index contributed by atoms with van der Waals surface area (Å²) in [6.45, 7) is 4.96. The first-order valence-electron chi connectivity index (χ1n) is 8.61. The van der Waals surface area contributed by atoms with E-state index in [1.165, 1.54) is 6.26 Å². The number of anilines is 1. The molecule has 6 nitrogen and oxygen atoms in total. The quantitative estimate of drug-likeness (QED) is 0.852. The van der Waals surface area contributed by atoms with Crippen LogP contribution in [-0.2, 0) is 0 Å². The minimum absolute atomic E-state index is 0.118. The van der Waals surface area contributed by atoms with Crippen LogP contribution in [0.5, 0.6) is 0 Å². The number of carbonyl (C=O) groups excluding carboxylic acids is 2. The predicted molar refractivity (Wildman–Crippen MR) is 101 cm³/mol. The SMILES string of the molecule is Cc1cc(C)c(NC(=O)N[C@@H]2CCCN(C(=O)c3ccco3)C2)c(Cl)c1. The van der Waals surface area contributed by atoms with Crippen LogP contribution in [0.1, 0.15) is 34.5 Å². The summed E-state index contributed by atoms with van der Waals surface area (Å²) in [6, 6.07) is 6.67. The van der Waals surface area contributed by atoms with E-state index >= 15 is 0 Å². The third kappa shape index (κ3) is 4.19. The maximum absolute atomic E-state index is 12.4. The normalized spacial score (nSPS) is 17.0. The van der Waals surface area contributed by atoms with Gasteiger partial charge in [0.05, 0.1) is 17.0 Å². The molecule has 2 N–H and O–H groups in total. The van der Waals surface area contributed by atoms with E-state index in [4.69, 9.17) is 16.0 Å². The van der Waals surface area contributed by atoms with Gasteiger partial charge in [-0.1, -0.05) is 17.7 Å². The van der Waals surface area contributed by atoms with Crippen molar-refractivity contribution in [1.82, 2.24) is 10.2 Å². The van der Waals surface area contributed by atoms with Gasteiger partial charge in [0.15, 0.2) is 5.76 Å². The number of rotatable bonds is 3. The minimum Gasteiger partial charge on any atom is -0.459 e. The van der Waals surface area contributed by atoms with Crippen LogP contribution in [0, 0.1) is 13.8 Å². The molecular formula is C19H22ClN3O3. The number of amides is 3. The summed E-state index contributed by atoms with van der Waals surface area (Å²) in [7, 11) is 0. The Kier molecular flexibility index (Phi) is 5.52.